The number of hydrogen-bond donors (Lipinski definition) is 1. The molecule has 82 valence electrons. The Labute approximate surface area is 88.0 Å². The zero-order valence-corrected chi connectivity index (χ0v) is 8.41. The molecule has 3 nitrogen and oxygen atoms in total. The predicted octanol–water partition coefficient (Wildman–Crippen LogP) is 2.17. The summed E-state index contributed by atoms with van der Waals surface area (Å²) in [4.78, 5) is 0. The average Bonchev–Trinajstić information content (AvgIpc) is 2.99. The second-order valence-corrected chi connectivity index (χ2v) is 3.77. The molecule has 0 aromatic heterocycles. The molecule has 0 saturated heterocycles. The summed E-state index contributed by atoms with van der Waals surface area (Å²) < 4.78 is 23.5. The van der Waals surface area contributed by atoms with Gasteiger partial charge >= 0.3 is 0 Å². The Balaban J connectivity index is 1.76. The largest absolute Gasteiger partial charge is 0.464 e. The molecule has 0 spiro atoms. The van der Waals surface area contributed by atoms with E-state index < -0.39 is 5.82 Å². The van der Waals surface area contributed by atoms with E-state index in [9.17, 15) is 4.39 Å². The van der Waals surface area contributed by atoms with E-state index in [4.69, 9.17) is 15.2 Å². The first-order valence-corrected chi connectivity index (χ1v) is 5.01. The number of halogens is 1. The molecule has 0 amide bonds. The molecule has 1 aromatic rings. The lowest BCUT2D eigenvalue weighted by molar-refractivity contribution is 0.00794. The molecule has 1 aliphatic rings. The van der Waals surface area contributed by atoms with Crippen molar-refractivity contribution in [1.29, 1.82) is 0 Å². The van der Waals surface area contributed by atoms with Gasteiger partial charge in [0, 0.05) is 11.8 Å². The molecule has 0 atom stereocenters. The normalized spacial score (nSPS) is 15.3. The van der Waals surface area contributed by atoms with Crippen LogP contribution in [0.15, 0.2) is 18.2 Å². The molecular weight excluding hydrogens is 197 g/mol. The number of hydrogen-bond acceptors (Lipinski definition) is 3. The number of nitrogens with two attached hydrogens (primary N) is 1. The predicted molar refractivity (Wildman–Crippen MR) is 55.0 cm³/mol. The van der Waals surface area contributed by atoms with Gasteiger partial charge in [0.25, 0.3) is 0 Å². The van der Waals surface area contributed by atoms with Crippen LogP contribution in [0, 0.1) is 11.7 Å². The number of ether oxygens (including phenoxy) is 2. The zero-order chi connectivity index (χ0) is 10.7. The molecule has 4 heteroatoms. The molecular formula is C11H14FNO2. The van der Waals surface area contributed by atoms with Gasteiger partial charge in [0.05, 0.1) is 6.61 Å². The monoisotopic (exact) mass is 211 g/mol. The number of rotatable bonds is 5. The minimum Gasteiger partial charge on any atom is -0.464 e. The van der Waals surface area contributed by atoms with E-state index in [0.717, 1.165) is 0 Å². The van der Waals surface area contributed by atoms with Crippen molar-refractivity contribution in [2.24, 2.45) is 5.92 Å². The van der Waals surface area contributed by atoms with Crippen LogP contribution in [0.25, 0.3) is 0 Å². The third kappa shape index (κ3) is 3.09. The Hall–Kier alpha value is -1.29. The van der Waals surface area contributed by atoms with Crippen LogP contribution < -0.4 is 10.5 Å². The van der Waals surface area contributed by atoms with Crippen LogP contribution in [0.1, 0.15) is 12.8 Å². The molecule has 0 unspecified atom stereocenters. The van der Waals surface area contributed by atoms with Crippen molar-refractivity contribution in [3.63, 3.8) is 0 Å². The molecule has 0 bridgehead atoms. The Kier molecular flexibility index (Phi) is 3.06. The lowest BCUT2D eigenvalue weighted by atomic mass is 10.3. The Bertz CT molecular complexity index is 339. The van der Waals surface area contributed by atoms with Gasteiger partial charge in [0.15, 0.2) is 18.4 Å². The molecule has 1 fully saturated rings. The summed E-state index contributed by atoms with van der Waals surface area (Å²) in [6.45, 7) is 0.800. The molecule has 1 aromatic carbocycles. The van der Waals surface area contributed by atoms with E-state index in [2.05, 4.69) is 0 Å². The fourth-order valence-electron chi connectivity index (χ4n) is 1.24. The fourth-order valence-corrected chi connectivity index (χ4v) is 1.24. The van der Waals surface area contributed by atoms with Crippen molar-refractivity contribution in [1.82, 2.24) is 0 Å². The van der Waals surface area contributed by atoms with Crippen molar-refractivity contribution in [3.8, 4) is 5.75 Å². The first-order chi connectivity index (χ1) is 7.25. The summed E-state index contributed by atoms with van der Waals surface area (Å²) in [5.41, 5.74) is 5.79. The van der Waals surface area contributed by atoms with Crippen LogP contribution in [-0.2, 0) is 4.74 Å². The van der Waals surface area contributed by atoms with Gasteiger partial charge < -0.3 is 15.2 Å². The van der Waals surface area contributed by atoms with Crippen molar-refractivity contribution >= 4 is 5.69 Å². The Morgan fingerprint density at radius 2 is 2.20 bits per heavy atom. The second-order valence-electron chi connectivity index (χ2n) is 3.77. The summed E-state index contributed by atoms with van der Waals surface area (Å²) in [6.07, 6.45) is 2.46. The van der Waals surface area contributed by atoms with Gasteiger partial charge in [0.2, 0.25) is 0 Å². The number of benzene rings is 1. The summed E-state index contributed by atoms with van der Waals surface area (Å²) in [7, 11) is 0. The maximum atomic E-state index is 13.2. The molecule has 1 aliphatic carbocycles. The summed E-state index contributed by atoms with van der Waals surface area (Å²) in [5, 5.41) is 0. The van der Waals surface area contributed by atoms with E-state index in [1.54, 1.807) is 6.07 Å². The maximum absolute atomic E-state index is 13.2. The highest BCUT2D eigenvalue weighted by molar-refractivity contribution is 5.42. The molecule has 0 aliphatic heterocycles. The van der Waals surface area contributed by atoms with E-state index in [1.165, 1.54) is 25.0 Å². The topological polar surface area (TPSA) is 44.5 Å². The van der Waals surface area contributed by atoms with Crippen molar-refractivity contribution in [2.45, 2.75) is 12.8 Å². The van der Waals surface area contributed by atoms with E-state index in [1.807, 2.05) is 0 Å². The lowest BCUT2D eigenvalue weighted by Gasteiger charge is -2.07. The van der Waals surface area contributed by atoms with Gasteiger partial charge in [-0.05, 0) is 30.9 Å². The van der Waals surface area contributed by atoms with Crippen LogP contribution >= 0.6 is 0 Å². The minimum absolute atomic E-state index is 0.0946. The van der Waals surface area contributed by atoms with Crippen LogP contribution in [-0.4, -0.2) is 13.4 Å². The lowest BCUT2D eigenvalue weighted by Crippen LogP contribution is -2.06. The van der Waals surface area contributed by atoms with Gasteiger partial charge in [-0.3, -0.25) is 0 Å². The molecule has 15 heavy (non-hydrogen) atoms. The van der Waals surface area contributed by atoms with Crippen molar-refractivity contribution in [3.05, 3.63) is 24.0 Å². The second kappa shape index (κ2) is 4.49. The Morgan fingerprint density at radius 3 is 2.87 bits per heavy atom. The SMILES string of the molecule is Nc1ccc(OCOCC2CC2)c(F)c1. The zero-order valence-electron chi connectivity index (χ0n) is 8.41. The van der Waals surface area contributed by atoms with Gasteiger partial charge in [-0.25, -0.2) is 4.39 Å². The highest BCUT2D eigenvalue weighted by Gasteiger charge is 2.21. The van der Waals surface area contributed by atoms with E-state index >= 15 is 0 Å². The molecule has 2 rings (SSSR count). The average molecular weight is 211 g/mol. The van der Waals surface area contributed by atoms with Crippen LogP contribution in [0.4, 0.5) is 10.1 Å². The van der Waals surface area contributed by atoms with Crippen LogP contribution in [0.2, 0.25) is 0 Å². The van der Waals surface area contributed by atoms with Gasteiger partial charge in [-0.2, -0.15) is 0 Å². The maximum Gasteiger partial charge on any atom is 0.189 e. The van der Waals surface area contributed by atoms with E-state index in [-0.39, 0.29) is 12.5 Å². The first kappa shape index (κ1) is 10.2. The molecule has 0 radical (unpaired) electrons. The first-order valence-electron chi connectivity index (χ1n) is 5.01. The molecule has 0 heterocycles. The highest BCUT2D eigenvalue weighted by atomic mass is 19.1. The fraction of sp³-hybridized carbons (Fsp3) is 0.455. The van der Waals surface area contributed by atoms with Crippen LogP contribution in [0.3, 0.4) is 0 Å². The smallest absolute Gasteiger partial charge is 0.189 e. The van der Waals surface area contributed by atoms with Crippen molar-refractivity contribution in [2.75, 3.05) is 19.1 Å². The van der Waals surface area contributed by atoms with Crippen LogP contribution in [0.5, 0.6) is 5.75 Å². The highest BCUT2D eigenvalue weighted by Crippen LogP contribution is 2.28. The molecule has 1 saturated carbocycles. The third-order valence-corrected chi connectivity index (χ3v) is 2.30. The van der Waals surface area contributed by atoms with Gasteiger partial charge in [-0.1, -0.05) is 0 Å². The van der Waals surface area contributed by atoms with Gasteiger partial charge in [-0.15, -0.1) is 0 Å². The summed E-state index contributed by atoms with van der Waals surface area (Å²) in [5.74, 6) is 0.412. The molecule has 2 N–H and O–H groups in total. The van der Waals surface area contributed by atoms with Gasteiger partial charge in [0.1, 0.15) is 0 Å². The summed E-state index contributed by atoms with van der Waals surface area (Å²) >= 11 is 0. The number of anilines is 1. The minimum atomic E-state index is -0.454. The standard InChI is InChI=1S/C11H14FNO2/c12-10-5-9(13)3-4-11(10)15-7-14-6-8-1-2-8/h3-5,8H,1-2,6-7,13H2. The van der Waals surface area contributed by atoms with Crippen molar-refractivity contribution < 1.29 is 13.9 Å². The summed E-state index contributed by atoms with van der Waals surface area (Å²) in [6, 6.07) is 4.33. The quantitative estimate of drug-likeness (QED) is 0.461. The third-order valence-electron chi connectivity index (χ3n) is 2.30. The van der Waals surface area contributed by atoms with E-state index in [0.29, 0.717) is 18.2 Å². The Morgan fingerprint density at radius 1 is 1.40 bits per heavy atom. The number of nitrogen functional groups attached to an aromatic ring is 1.